The molecular weight excluding hydrogens is 214 g/mol. The van der Waals surface area contributed by atoms with Gasteiger partial charge in [-0.1, -0.05) is 11.6 Å². The summed E-state index contributed by atoms with van der Waals surface area (Å²) in [7, 11) is 1.94. The zero-order valence-electron chi connectivity index (χ0n) is 8.48. The Bertz CT molecular complexity index is 365. The third-order valence-corrected chi connectivity index (χ3v) is 2.66. The van der Waals surface area contributed by atoms with Gasteiger partial charge in [0.25, 0.3) is 0 Å². The summed E-state index contributed by atoms with van der Waals surface area (Å²) in [6, 6.07) is 3.51. The van der Waals surface area contributed by atoms with Crippen LogP contribution in [0.4, 0.5) is 5.69 Å². The molecule has 80 valence electrons. The van der Waals surface area contributed by atoms with E-state index in [1.165, 1.54) is 0 Å². The van der Waals surface area contributed by atoms with Crippen LogP contribution in [0.25, 0.3) is 0 Å². The summed E-state index contributed by atoms with van der Waals surface area (Å²) < 4.78 is 0. The van der Waals surface area contributed by atoms with Gasteiger partial charge in [0.05, 0.1) is 18.4 Å². The Labute approximate surface area is 93.5 Å². The number of hydrogen-bond donors (Lipinski definition) is 0. The summed E-state index contributed by atoms with van der Waals surface area (Å²) in [5.41, 5.74) is 0.817. The van der Waals surface area contributed by atoms with E-state index >= 15 is 0 Å². The molecule has 1 saturated heterocycles. The number of halogens is 1. The van der Waals surface area contributed by atoms with Crippen LogP contribution in [0.2, 0.25) is 5.15 Å². The molecule has 0 radical (unpaired) electrons. The molecule has 0 spiro atoms. The first-order valence-corrected chi connectivity index (χ1v) is 5.15. The molecule has 1 aliphatic rings. The number of piperazine rings is 1. The number of hydrogen-bond acceptors (Lipinski definition) is 3. The third-order valence-electron chi connectivity index (χ3n) is 2.44. The molecule has 1 aromatic rings. The molecule has 0 bridgehead atoms. The van der Waals surface area contributed by atoms with Crippen LogP contribution in [-0.4, -0.2) is 42.5 Å². The lowest BCUT2D eigenvalue weighted by Gasteiger charge is -2.31. The molecule has 5 heteroatoms. The highest BCUT2D eigenvalue weighted by molar-refractivity contribution is 6.29. The Morgan fingerprint density at radius 1 is 1.40 bits per heavy atom. The van der Waals surface area contributed by atoms with Crippen molar-refractivity contribution in [3.8, 4) is 0 Å². The molecule has 4 nitrogen and oxygen atoms in total. The number of carbonyl (C=O) groups excluding carboxylic acids is 1. The lowest BCUT2D eigenvalue weighted by molar-refractivity contribution is -0.120. The summed E-state index contributed by atoms with van der Waals surface area (Å²) in [6.07, 6.45) is 1.63. The number of amides is 1. The van der Waals surface area contributed by atoms with Gasteiger partial charge >= 0.3 is 0 Å². The predicted octanol–water partition coefficient (Wildman–Crippen LogP) is 1.01. The van der Waals surface area contributed by atoms with Crippen molar-refractivity contribution in [1.82, 2.24) is 9.88 Å². The predicted molar refractivity (Wildman–Crippen MR) is 59.1 cm³/mol. The normalized spacial score (nSPS) is 18.3. The van der Waals surface area contributed by atoms with Gasteiger partial charge < -0.3 is 4.90 Å². The molecule has 1 aliphatic heterocycles. The quantitative estimate of drug-likeness (QED) is 0.670. The SMILES string of the molecule is CN1CCN(c2ccc(Cl)nc2)C(=O)C1. The first kappa shape index (κ1) is 10.4. The lowest BCUT2D eigenvalue weighted by atomic mass is 10.3. The highest BCUT2D eigenvalue weighted by Crippen LogP contribution is 2.17. The summed E-state index contributed by atoms with van der Waals surface area (Å²) in [5, 5.41) is 0.445. The van der Waals surface area contributed by atoms with Gasteiger partial charge in [-0.2, -0.15) is 0 Å². The maximum Gasteiger partial charge on any atom is 0.241 e. The standard InChI is InChI=1S/C10H12ClN3O/c1-13-4-5-14(10(15)7-13)8-2-3-9(11)12-6-8/h2-3,6H,4-5,7H2,1H3. The lowest BCUT2D eigenvalue weighted by Crippen LogP contribution is -2.48. The number of nitrogens with zero attached hydrogens (tertiary/aromatic N) is 3. The third kappa shape index (κ3) is 2.27. The van der Waals surface area contributed by atoms with Crippen molar-refractivity contribution in [3.63, 3.8) is 0 Å². The zero-order chi connectivity index (χ0) is 10.8. The first-order valence-electron chi connectivity index (χ1n) is 4.77. The molecule has 1 fully saturated rings. The molecule has 2 rings (SSSR count). The van der Waals surface area contributed by atoms with Gasteiger partial charge in [0.2, 0.25) is 5.91 Å². The van der Waals surface area contributed by atoms with E-state index in [0.717, 1.165) is 12.2 Å². The van der Waals surface area contributed by atoms with E-state index in [9.17, 15) is 4.79 Å². The second-order valence-corrected chi connectivity index (χ2v) is 4.01. The Balaban J connectivity index is 2.17. The molecule has 0 atom stereocenters. The van der Waals surface area contributed by atoms with E-state index in [0.29, 0.717) is 18.2 Å². The largest absolute Gasteiger partial charge is 0.308 e. The van der Waals surface area contributed by atoms with E-state index in [-0.39, 0.29) is 5.91 Å². The van der Waals surface area contributed by atoms with Gasteiger partial charge in [-0.15, -0.1) is 0 Å². The Hall–Kier alpha value is -1.13. The highest BCUT2D eigenvalue weighted by atomic mass is 35.5. The molecule has 0 aliphatic carbocycles. The Morgan fingerprint density at radius 2 is 2.20 bits per heavy atom. The smallest absolute Gasteiger partial charge is 0.241 e. The Kier molecular flexibility index (Phi) is 2.88. The van der Waals surface area contributed by atoms with E-state index < -0.39 is 0 Å². The van der Waals surface area contributed by atoms with Crippen molar-refractivity contribution < 1.29 is 4.79 Å². The molecule has 0 unspecified atom stereocenters. The van der Waals surface area contributed by atoms with Crippen LogP contribution in [0.3, 0.4) is 0 Å². The van der Waals surface area contributed by atoms with Crippen molar-refractivity contribution >= 4 is 23.2 Å². The van der Waals surface area contributed by atoms with Crippen LogP contribution >= 0.6 is 11.6 Å². The van der Waals surface area contributed by atoms with Crippen LogP contribution in [-0.2, 0) is 4.79 Å². The van der Waals surface area contributed by atoms with Crippen LogP contribution in [0.1, 0.15) is 0 Å². The second kappa shape index (κ2) is 4.16. The average Bonchev–Trinajstić information content (AvgIpc) is 2.20. The van der Waals surface area contributed by atoms with Crippen molar-refractivity contribution in [2.24, 2.45) is 0 Å². The van der Waals surface area contributed by atoms with E-state index in [2.05, 4.69) is 4.98 Å². The number of aromatic nitrogens is 1. The summed E-state index contributed by atoms with van der Waals surface area (Å²) in [4.78, 5) is 19.4. The van der Waals surface area contributed by atoms with Gasteiger partial charge in [0.1, 0.15) is 5.15 Å². The fraction of sp³-hybridized carbons (Fsp3) is 0.400. The van der Waals surface area contributed by atoms with Crippen molar-refractivity contribution in [1.29, 1.82) is 0 Å². The first-order chi connectivity index (χ1) is 7.16. The Morgan fingerprint density at radius 3 is 2.80 bits per heavy atom. The van der Waals surface area contributed by atoms with Crippen molar-refractivity contribution in [3.05, 3.63) is 23.5 Å². The monoisotopic (exact) mass is 225 g/mol. The minimum absolute atomic E-state index is 0.105. The number of carbonyl (C=O) groups is 1. The van der Waals surface area contributed by atoms with Crippen LogP contribution < -0.4 is 4.90 Å². The molecule has 1 aromatic heterocycles. The summed E-state index contributed by atoms with van der Waals surface area (Å²) >= 11 is 5.69. The average molecular weight is 226 g/mol. The van der Waals surface area contributed by atoms with E-state index in [1.54, 1.807) is 17.2 Å². The van der Waals surface area contributed by atoms with Gasteiger partial charge in [-0.25, -0.2) is 4.98 Å². The second-order valence-electron chi connectivity index (χ2n) is 3.62. The molecule has 0 N–H and O–H groups in total. The molecular formula is C10H12ClN3O. The van der Waals surface area contributed by atoms with Crippen molar-refractivity contribution in [2.45, 2.75) is 0 Å². The van der Waals surface area contributed by atoms with Gasteiger partial charge in [0, 0.05) is 13.1 Å². The van der Waals surface area contributed by atoms with E-state index in [4.69, 9.17) is 11.6 Å². The number of pyridine rings is 1. The summed E-state index contributed by atoms with van der Waals surface area (Å²) in [6.45, 7) is 2.05. The van der Waals surface area contributed by atoms with Gasteiger partial charge in [0.15, 0.2) is 0 Å². The van der Waals surface area contributed by atoms with E-state index in [1.807, 2.05) is 18.0 Å². The van der Waals surface area contributed by atoms with Gasteiger partial charge in [-0.3, -0.25) is 9.69 Å². The number of anilines is 1. The van der Waals surface area contributed by atoms with Gasteiger partial charge in [-0.05, 0) is 19.2 Å². The molecule has 0 aromatic carbocycles. The zero-order valence-corrected chi connectivity index (χ0v) is 9.24. The fourth-order valence-electron chi connectivity index (χ4n) is 1.59. The highest BCUT2D eigenvalue weighted by Gasteiger charge is 2.22. The number of likely N-dealkylation sites (N-methyl/N-ethyl adjacent to an activating group) is 1. The minimum Gasteiger partial charge on any atom is -0.308 e. The van der Waals surface area contributed by atoms with Crippen LogP contribution in [0.15, 0.2) is 18.3 Å². The maximum atomic E-state index is 11.7. The number of rotatable bonds is 1. The minimum atomic E-state index is 0.105. The maximum absolute atomic E-state index is 11.7. The van der Waals surface area contributed by atoms with Crippen LogP contribution in [0.5, 0.6) is 0 Å². The topological polar surface area (TPSA) is 36.4 Å². The summed E-state index contributed by atoms with van der Waals surface area (Å²) in [5.74, 6) is 0.105. The molecule has 15 heavy (non-hydrogen) atoms. The molecule has 2 heterocycles. The molecule has 0 saturated carbocycles. The van der Waals surface area contributed by atoms with Crippen molar-refractivity contribution in [2.75, 3.05) is 31.6 Å². The fourth-order valence-corrected chi connectivity index (χ4v) is 1.70. The van der Waals surface area contributed by atoms with Crippen LogP contribution in [0, 0.1) is 0 Å². The molecule has 1 amide bonds.